The molecule has 0 saturated carbocycles. The van der Waals surface area contributed by atoms with Crippen LogP contribution in [-0.4, -0.2) is 11.1 Å². The topological polar surface area (TPSA) is 72.5 Å². The lowest BCUT2D eigenvalue weighted by Crippen LogP contribution is -2.07. The molecule has 0 aliphatic rings. The predicted octanol–water partition coefficient (Wildman–Crippen LogP) is 3.80. The number of carboxylic acid groups (broad SMARTS) is 1. The maximum Gasteiger partial charge on any atom is 0.341 e. The van der Waals surface area contributed by atoms with Gasteiger partial charge in [-0.05, 0) is 40.2 Å². The number of hydrogen-bond acceptors (Lipinski definition) is 3. The van der Waals surface area contributed by atoms with Crippen LogP contribution in [0.25, 0.3) is 0 Å². The van der Waals surface area contributed by atoms with Crippen molar-refractivity contribution >= 4 is 27.6 Å². The van der Waals surface area contributed by atoms with Crippen LogP contribution in [0.3, 0.4) is 0 Å². The summed E-state index contributed by atoms with van der Waals surface area (Å²) in [4.78, 5) is 11.1. The SMILES string of the molecule is Nc1c(F)ccc(Oc2cc(F)ccc2Br)c1C(=O)O. The van der Waals surface area contributed by atoms with Gasteiger partial charge in [0.25, 0.3) is 0 Å². The van der Waals surface area contributed by atoms with Gasteiger partial charge in [0.1, 0.15) is 28.7 Å². The molecule has 2 aromatic rings. The Morgan fingerprint density at radius 3 is 2.55 bits per heavy atom. The molecule has 0 aliphatic heterocycles. The van der Waals surface area contributed by atoms with Crippen molar-refractivity contribution < 1.29 is 23.4 Å². The van der Waals surface area contributed by atoms with E-state index in [0.29, 0.717) is 4.47 Å². The van der Waals surface area contributed by atoms with Crippen LogP contribution in [0.2, 0.25) is 0 Å². The molecule has 4 nitrogen and oxygen atoms in total. The Morgan fingerprint density at radius 2 is 1.90 bits per heavy atom. The Hall–Kier alpha value is -2.15. The highest BCUT2D eigenvalue weighted by Gasteiger charge is 2.20. The van der Waals surface area contributed by atoms with E-state index in [1.54, 1.807) is 0 Å². The van der Waals surface area contributed by atoms with E-state index in [1.165, 1.54) is 12.1 Å². The molecule has 0 saturated heterocycles. The first-order valence-corrected chi connectivity index (χ1v) is 6.13. The maximum absolute atomic E-state index is 13.3. The van der Waals surface area contributed by atoms with E-state index in [9.17, 15) is 13.6 Å². The predicted molar refractivity (Wildman–Crippen MR) is 71.9 cm³/mol. The van der Waals surface area contributed by atoms with Gasteiger partial charge < -0.3 is 15.6 Å². The third-order valence-corrected chi connectivity index (χ3v) is 3.14. The van der Waals surface area contributed by atoms with Gasteiger partial charge in [-0.2, -0.15) is 0 Å². The molecule has 2 aromatic carbocycles. The van der Waals surface area contributed by atoms with Gasteiger partial charge in [0, 0.05) is 6.07 Å². The van der Waals surface area contributed by atoms with E-state index in [0.717, 1.165) is 18.2 Å². The van der Waals surface area contributed by atoms with Crippen LogP contribution in [0.4, 0.5) is 14.5 Å². The fourth-order valence-electron chi connectivity index (χ4n) is 1.55. The summed E-state index contributed by atoms with van der Waals surface area (Å²) in [6, 6.07) is 5.76. The molecule has 0 heterocycles. The number of nitrogens with two attached hydrogens (primary N) is 1. The van der Waals surface area contributed by atoms with Gasteiger partial charge in [0.05, 0.1) is 10.2 Å². The Balaban J connectivity index is 2.51. The largest absolute Gasteiger partial charge is 0.477 e. The second-order valence-electron chi connectivity index (χ2n) is 3.82. The minimum atomic E-state index is -1.44. The number of rotatable bonds is 3. The molecule has 0 spiro atoms. The first kappa shape index (κ1) is 14.3. The normalized spacial score (nSPS) is 10.3. The van der Waals surface area contributed by atoms with Crippen molar-refractivity contribution in [1.29, 1.82) is 0 Å². The summed E-state index contributed by atoms with van der Waals surface area (Å²) in [6.07, 6.45) is 0. The number of benzene rings is 2. The fourth-order valence-corrected chi connectivity index (χ4v) is 1.88. The molecule has 0 unspecified atom stereocenters. The summed E-state index contributed by atoms with van der Waals surface area (Å²) in [6.45, 7) is 0. The number of aromatic carboxylic acids is 1. The summed E-state index contributed by atoms with van der Waals surface area (Å²) in [7, 11) is 0. The van der Waals surface area contributed by atoms with Gasteiger partial charge in [-0.1, -0.05) is 0 Å². The molecule has 0 amide bonds. The number of carbonyl (C=O) groups is 1. The van der Waals surface area contributed by atoms with Crippen molar-refractivity contribution in [2.24, 2.45) is 0 Å². The number of carboxylic acids is 1. The molecule has 0 atom stereocenters. The van der Waals surface area contributed by atoms with Crippen molar-refractivity contribution in [3.63, 3.8) is 0 Å². The third kappa shape index (κ3) is 2.72. The van der Waals surface area contributed by atoms with E-state index in [1.807, 2.05) is 0 Å². The van der Waals surface area contributed by atoms with Gasteiger partial charge in [-0.3, -0.25) is 0 Å². The zero-order valence-corrected chi connectivity index (χ0v) is 11.4. The first-order chi connectivity index (χ1) is 9.40. The second-order valence-corrected chi connectivity index (χ2v) is 4.67. The highest BCUT2D eigenvalue weighted by Crippen LogP contribution is 2.34. The number of hydrogen-bond donors (Lipinski definition) is 2. The van der Waals surface area contributed by atoms with E-state index in [2.05, 4.69) is 15.9 Å². The second kappa shape index (κ2) is 5.46. The van der Waals surface area contributed by atoms with Crippen LogP contribution < -0.4 is 10.5 Å². The van der Waals surface area contributed by atoms with Crippen LogP contribution >= 0.6 is 15.9 Å². The van der Waals surface area contributed by atoms with Crippen LogP contribution in [0, 0.1) is 11.6 Å². The molecule has 0 aromatic heterocycles. The molecule has 3 N–H and O–H groups in total. The van der Waals surface area contributed by atoms with E-state index < -0.39 is 28.9 Å². The van der Waals surface area contributed by atoms with Crippen LogP contribution in [-0.2, 0) is 0 Å². The van der Waals surface area contributed by atoms with Crippen molar-refractivity contribution in [2.45, 2.75) is 0 Å². The molecule has 0 bridgehead atoms. The zero-order chi connectivity index (χ0) is 14.9. The van der Waals surface area contributed by atoms with Crippen LogP contribution in [0.5, 0.6) is 11.5 Å². The summed E-state index contributed by atoms with van der Waals surface area (Å²) in [5.74, 6) is -2.99. The molecule has 20 heavy (non-hydrogen) atoms. The smallest absolute Gasteiger partial charge is 0.341 e. The standard InChI is InChI=1S/C13H8BrF2NO3/c14-7-2-1-6(15)5-10(7)20-9-4-3-8(16)12(17)11(9)13(18)19/h1-5H,17H2,(H,18,19). The van der Waals surface area contributed by atoms with Crippen LogP contribution in [0.1, 0.15) is 10.4 Å². The van der Waals surface area contributed by atoms with Gasteiger partial charge >= 0.3 is 5.97 Å². The van der Waals surface area contributed by atoms with Crippen molar-refractivity contribution in [3.05, 3.63) is 52.0 Å². The molecule has 0 aliphatic carbocycles. The Labute approximate surface area is 120 Å². The van der Waals surface area contributed by atoms with E-state index in [-0.39, 0.29) is 11.5 Å². The summed E-state index contributed by atoms with van der Waals surface area (Å²) in [5, 5.41) is 9.06. The van der Waals surface area contributed by atoms with Crippen molar-refractivity contribution in [3.8, 4) is 11.5 Å². The molecular weight excluding hydrogens is 336 g/mol. The average molecular weight is 344 g/mol. The van der Waals surface area contributed by atoms with Crippen molar-refractivity contribution in [1.82, 2.24) is 0 Å². The Kier molecular flexibility index (Phi) is 3.89. The van der Waals surface area contributed by atoms with Crippen molar-refractivity contribution in [2.75, 3.05) is 5.73 Å². The van der Waals surface area contributed by atoms with Gasteiger partial charge in [-0.15, -0.1) is 0 Å². The monoisotopic (exact) mass is 343 g/mol. The molecule has 7 heteroatoms. The fraction of sp³-hybridized carbons (Fsp3) is 0. The highest BCUT2D eigenvalue weighted by molar-refractivity contribution is 9.10. The lowest BCUT2D eigenvalue weighted by atomic mass is 10.1. The minimum absolute atomic E-state index is 0.0542. The first-order valence-electron chi connectivity index (χ1n) is 5.34. The number of anilines is 1. The summed E-state index contributed by atoms with van der Waals surface area (Å²) >= 11 is 3.14. The molecular formula is C13H8BrF2NO3. The highest BCUT2D eigenvalue weighted by atomic mass is 79.9. The minimum Gasteiger partial charge on any atom is -0.477 e. The lowest BCUT2D eigenvalue weighted by Gasteiger charge is -2.12. The summed E-state index contributed by atoms with van der Waals surface area (Å²) < 4.78 is 32.2. The van der Waals surface area contributed by atoms with Gasteiger partial charge in [-0.25, -0.2) is 13.6 Å². The van der Waals surface area contributed by atoms with Gasteiger partial charge in [0.15, 0.2) is 0 Å². The molecule has 2 rings (SSSR count). The van der Waals surface area contributed by atoms with E-state index >= 15 is 0 Å². The van der Waals surface area contributed by atoms with E-state index in [4.69, 9.17) is 15.6 Å². The third-order valence-electron chi connectivity index (χ3n) is 2.48. The lowest BCUT2D eigenvalue weighted by molar-refractivity contribution is 0.0695. The maximum atomic E-state index is 13.3. The Morgan fingerprint density at radius 1 is 1.20 bits per heavy atom. The molecule has 104 valence electrons. The van der Waals surface area contributed by atoms with Crippen LogP contribution in [0.15, 0.2) is 34.8 Å². The molecule has 0 radical (unpaired) electrons. The van der Waals surface area contributed by atoms with Gasteiger partial charge in [0.2, 0.25) is 0 Å². The summed E-state index contributed by atoms with van der Waals surface area (Å²) in [5.41, 5.74) is 4.33. The number of nitrogen functional groups attached to an aromatic ring is 1. The quantitative estimate of drug-likeness (QED) is 0.831. The molecule has 0 fully saturated rings. The number of ether oxygens (including phenoxy) is 1. The Bertz CT molecular complexity index is 692. The average Bonchev–Trinajstić information content (AvgIpc) is 2.38. The zero-order valence-electron chi connectivity index (χ0n) is 9.86. The number of halogens is 3.